The molecule has 0 aliphatic carbocycles. The Balaban J connectivity index is 2.07. The number of hydrogen-bond acceptors (Lipinski definition) is 2. The fraction of sp³-hybridized carbons (Fsp3) is 0.214. The van der Waals surface area contributed by atoms with Crippen LogP contribution in [0.25, 0.3) is 0 Å². The molecule has 0 saturated heterocycles. The molecule has 2 rings (SSSR count). The van der Waals surface area contributed by atoms with E-state index < -0.39 is 0 Å². The highest BCUT2D eigenvalue weighted by atomic mass is 79.9. The van der Waals surface area contributed by atoms with Gasteiger partial charge < -0.3 is 5.32 Å². The number of nitrogens with one attached hydrogen (secondary N) is 1. The van der Waals surface area contributed by atoms with Crippen molar-refractivity contribution in [2.24, 2.45) is 0 Å². The maximum absolute atomic E-state index is 11.9. The van der Waals surface area contributed by atoms with E-state index in [4.69, 9.17) is 0 Å². The van der Waals surface area contributed by atoms with Crippen LogP contribution in [0.3, 0.4) is 0 Å². The van der Waals surface area contributed by atoms with Crippen molar-refractivity contribution in [2.45, 2.75) is 19.8 Å². The van der Waals surface area contributed by atoms with E-state index in [0.29, 0.717) is 6.42 Å². The summed E-state index contributed by atoms with van der Waals surface area (Å²) in [5.74, 6) is 0.0328. The summed E-state index contributed by atoms with van der Waals surface area (Å²) in [5, 5.41) is 6.96. The van der Waals surface area contributed by atoms with Crippen LogP contribution < -0.4 is 5.32 Å². The Labute approximate surface area is 119 Å². The highest BCUT2D eigenvalue weighted by Crippen LogP contribution is 2.21. The molecule has 0 radical (unpaired) electrons. The second-order valence-corrected chi connectivity index (χ2v) is 5.71. The van der Waals surface area contributed by atoms with Crippen LogP contribution >= 0.6 is 27.3 Å². The third-order valence-electron chi connectivity index (χ3n) is 2.67. The second kappa shape index (κ2) is 6.16. The van der Waals surface area contributed by atoms with Crippen LogP contribution in [0, 0.1) is 0 Å². The van der Waals surface area contributed by atoms with Crippen LogP contribution in [0.2, 0.25) is 0 Å². The molecule has 0 saturated carbocycles. The first-order valence-electron chi connectivity index (χ1n) is 5.78. The summed E-state index contributed by atoms with van der Waals surface area (Å²) in [7, 11) is 0. The number of carbonyl (C=O) groups is 1. The van der Waals surface area contributed by atoms with Crippen LogP contribution in [0.5, 0.6) is 0 Å². The lowest BCUT2D eigenvalue weighted by Gasteiger charge is -2.10. The van der Waals surface area contributed by atoms with Crippen molar-refractivity contribution in [3.05, 3.63) is 50.6 Å². The number of benzene rings is 1. The van der Waals surface area contributed by atoms with Gasteiger partial charge in [0.15, 0.2) is 0 Å². The zero-order valence-electron chi connectivity index (χ0n) is 10.1. The molecule has 1 aromatic heterocycles. The van der Waals surface area contributed by atoms with Crippen LogP contribution in [0.4, 0.5) is 5.69 Å². The molecular weight excluding hydrogens is 310 g/mol. The summed E-state index contributed by atoms with van der Waals surface area (Å²) in [5.41, 5.74) is 3.11. The maximum Gasteiger partial charge on any atom is 0.228 e. The molecule has 1 N–H and O–H groups in total. The molecular formula is C14H14BrNOS. The summed E-state index contributed by atoms with van der Waals surface area (Å²) in [6, 6.07) is 7.90. The Bertz CT molecular complexity index is 537. The molecule has 4 heteroatoms. The van der Waals surface area contributed by atoms with Gasteiger partial charge in [0.1, 0.15) is 0 Å². The lowest BCUT2D eigenvalue weighted by molar-refractivity contribution is -0.115. The standard InChI is InChI=1S/C14H14BrNOS/c1-2-11-8-12(15)3-4-13(11)16-14(17)7-10-5-6-18-9-10/h3-6,8-9H,2,7H2,1H3,(H,16,17). The smallest absolute Gasteiger partial charge is 0.228 e. The summed E-state index contributed by atoms with van der Waals surface area (Å²) in [4.78, 5) is 11.9. The molecule has 94 valence electrons. The summed E-state index contributed by atoms with van der Waals surface area (Å²) < 4.78 is 1.04. The van der Waals surface area contributed by atoms with Gasteiger partial charge in [0.2, 0.25) is 5.91 Å². The molecule has 18 heavy (non-hydrogen) atoms. The SMILES string of the molecule is CCc1cc(Br)ccc1NC(=O)Cc1ccsc1. The van der Waals surface area contributed by atoms with E-state index in [9.17, 15) is 4.79 Å². The van der Waals surface area contributed by atoms with Crippen molar-refractivity contribution < 1.29 is 4.79 Å². The molecule has 0 aliphatic rings. The van der Waals surface area contributed by atoms with Crippen LogP contribution in [-0.2, 0) is 17.6 Å². The minimum atomic E-state index is 0.0328. The Morgan fingerprint density at radius 1 is 1.39 bits per heavy atom. The average Bonchev–Trinajstić information content (AvgIpc) is 2.84. The molecule has 2 aromatic rings. The fourth-order valence-corrected chi connectivity index (χ4v) is 2.83. The number of anilines is 1. The van der Waals surface area contributed by atoms with Gasteiger partial charge in [0.05, 0.1) is 6.42 Å². The van der Waals surface area contributed by atoms with Crippen molar-refractivity contribution in [3.63, 3.8) is 0 Å². The molecule has 0 unspecified atom stereocenters. The predicted octanol–water partition coefficient (Wildman–Crippen LogP) is 4.25. The average molecular weight is 324 g/mol. The van der Waals surface area contributed by atoms with Gasteiger partial charge >= 0.3 is 0 Å². The lowest BCUT2D eigenvalue weighted by atomic mass is 10.1. The summed E-state index contributed by atoms with van der Waals surface area (Å²) in [6.45, 7) is 2.08. The summed E-state index contributed by atoms with van der Waals surface area (Å²) >= 11 is 5.05. The fourth-order valence-electron chi connectivity index (χ4n) is 1.75. The number of halogens is 1. The van der Waals surface area contributed by atoms with Gasteiger partial charge in [-0.25, -0.2) is 0 Å². The van der Waals surface area contributed by atoms with Crippen LogP contribution in [-0.4, -0.2) is 5.91 Å². The van der Waals surface area contributed by atoms with E-state index in [0.717, 1.165) is 27.7 Å². The van der Waals surface area contributed by atoms with Crippen molar-refractivity contribution >= 4 is 38.9 Å². The molecule has 0 aliphatic heterocycles. The summed E-state index contributed by atoms with van der Waals surface area (Å²) in [6.07, 6.45) is 1.33. The second-order valence-electron chi connectivity index (χ2n) is 4.01. The molecule has 1 amide bonds. The van der Waals surface area contributed by atoms with Crippen LogP contribution in [0.15, 0.2) is 39.5 Å². The molecule has 0 bridgehead atoms. The van der Waals surface area contributed by atoms with Gasteiger partial charge in [-0.2, -0.15) is 11.3 Å². The largest absolute Gasteiger partial charge is 0.326 e. The van der Waals surface area contributed by atoms with E-state index in [2.05, 4.69) is 28.2 Å². The molecule has 0 spiro atoms. The van der Waals surface area contributed by atoms with Gasteiger partial charge in [-0.15, -0.1) is 0 Å². The minimum Gasteiger partial charge on any atom is -0.326 e. The first-order valence-corrected chi connectivity index (χ1v) is 7.52. The minimum absolute atomic E-state index is 0.0328. The van der Waals surface area contributed by atoms with E-state index in [1.165, 1.54) is 0 Å². The number of thiophene rings is 1. The van der Waals surface area contributed by atoms with E-state index in [1.807, 2.05) is 35.0 Å². The quantitative estimate of drug-likeness (QED) is 0.895. The zero-order valence-corrected chi connectivity index (χ0v) is 12.5. The number of aryl methyl sites for hydroxylation is 1. The lowest BCUT2D eigenvalue weighted by Crippen LogP contribution is -2.15. The van der Waals surface area contributed by atoms with Gasteiger partial charge in [0, 0.05) is 10.2 Å². The van der Waals surface area contributed by atoms with Gasteiger partial charge in [-0.3, -0.25) is 4.79 Å². The van der Waals surface area contributed by atoms with Crippen molar-refractivity contribution in [2.75, 3.05) is 5.32 Å². The van der Waals surface area contributed by atoms with Crippen LogP contribution in [0.1, 0.15) is 18.1 Å². The zero-order chi connectivity index (χ0) is 13.0. The van der Waals surface area contributed by atoms with Crippen molar-refractivity contribution in [1.29, 1.82) is 0 Å². The Morgan fingerprint density at radius 2 is 2.22 bits per heavy atom. The Hall–Kier alpha value is -1.13. The van der Waals surface area contributed by atoms with Gasteiger partial charge in [-0.1, -0.05) is 22.9 Å². The van der Waals surface area contributed by atoms with E-state index in [-0.39, 0.29) is 5.91 Å². The number of hydrogen-bond donors (Lipinski definition) is 1. The normalized spacial score (nSPS) is 10.3. The predicted molar refractivity (Wildman–Crippen MR) is 80.2 cm³/mol. The first kappa shape index (κ1) is 13.3. The molecule has 0 fully saturated rings. The monoisotopic (exact) mass is 323 g/mol. The van der Waals surface area contributed by atoms with Crippen molar-refractivity contribution in [3.8, 4) is 0 Å². The number of rotatable bonds is 4. The van der Waals surface area contributed by atoms with Gasteiger partial charge in [-0.05, 0) is 52.6 Å². The molecule has 2 nitrogen and oxygen atoms in total. The molecule has 1 heterocycles. The maximum atomic E-state index is 11.9. The number of amides is 1. The number of carbonyl (C=O) groups excluding carboxylic acids is 1. The van der Waals surface area contributed by atoms with E-state index in [1.54, 1.807) is 11.3 Å². The Kier molecular flexibility index (Phi) is 4.55. The van der Waals surface area contributed by atoms with E-state index >= 15 is 0 Å². The molecule has 1 aromatic carbocycles. The van der Waals surface area contributed by atoms with Gasteiger partial charge in [0.25, 0.3) is 0 Å². The third-order valence-corrected chi connectivity index (χ3v) is 3.89. The van der Waals surface area contributed by atoms with Crippen molar-refractivity contribution in [1.82, 2.24) is 0 Å². The highest BCUT2D eigenvalue weighted by molar-refractivity contribution is 9.10. The first-order chi connectivity index (χ1) is 8.69. The molecule has 0 atom stereocenters. The third kappa shape index (κ3) is 3.43. The topological polar surface area (TPSA) is 29.1 Å². The highest BCUT2D eigenvalue weighted by Gasteiger charge is 2.07. The Morgan fingerprint density at radius 3 is 2.89 bits per heavy atom.